The molecule has 0 radical (unpaired) electrons. The van der Waals surface area contributed by atoms with Crippen molar-refractivity contribution in [2.45, 2.75) is 6.61 Å². The van der Waals surface area contributed by atoms with Gasteiger partial charge in [0.2, 0.25) is 0 Å². The van der Waals surface area contributed by atoms with Crippen molar-refractivity contribution in [2.24, 2.45) is 0 Å². The maximum Gasteiger partial charge on any atom is 0.342 e. The van der Waals surface area contributed by atoms with Crippen molar-refractivity contribution in [3.8, 4) is 17.2 Å². The van der Waals surface area contributed by atoms with Gasteiger partial charge in [0, 0.05) is 10.6 Å². The second-order valence-corrected chi connectivity index (χ2v) is 5.01. The van der Waals surface area contributed by atoms with E-state index >= 15 is 0 Å². The van der Waals surface area contributed by atoms with Crippen molar-refractivity contribution in [3.63, 3.8) is 0 Å². The zero-order valence-corrected chi connectivity index (χ0v) is 13.8. The normalized spacial score (nSPS) is 10.1. The van der Waals surface area contributed by atoms with Crippen LogP contribution in [-0.2, 0) is 11.3 Å². The van der Waals surface area contributed by atoms with Crippen molar-refractivity contribution in [1.82, 2.24) is 0 Å². The van der Waals surface area contributed by atoms with Crippen LogP contribution in [0.5, 0.6) is 17.2 Å². The van der Waals surface area contributed by atoms with Gasteiger partial charge in [0.1, 0.15) is 17.9 Å². The van der Waals surface area contributed by atoms with E-state index < -0.39 is 5.97 Å². The first-order valence-corrected chi connectivity index (χ1v) is 7.19. The average molecular weight is 337 g/mol. The molecule has 0 atom stereocenters. The molecule has 0 aliphatic carbocycles. The minimum atomic E-state index is -0.525. The number of rotatable bonds is 6. The minimum Gasteiger partial charge on any atom is -0.496 e. The number of esters is 1. The number of carbonyl (C=O) groups is 1. The number of carbonyl (C=O) groups excluding carboxylic acids is 1. The molecule has 2 aromatic carbocycles. The molecule has 6 heteroatoms. The molecule has 0 saturated heterocycles. The first-order chi connectivity index (χ1) is 11.1. The Kier molecular flexibility index (Phi) is 5.71. The van der Waals surface area contributed by atoms with E-state index in [1.165, 1.54) is 14.2 Å². The van der Waals surface area contributed by atoms with Crippen LogP contribution in [0.2, 0.25) is 5.02 Å². The molecule has 0 unspecified atom stereocenters. The number of hydrogen-bond acceptors (Lipinski definition) is 5. The highest BCUT2D eigenvalue weighted by molar-refractivity contribution is 6.30. The molecule has 0 fully saturated rings. The van der Waals surface area contributed by atoms with Gasteiger partial charge in [-0.15, -0.1) is 0 Å². The first kappa shape index (κ1) is 17.0. The monoisotopic (exact) mass is 336 g/mol. The van der Waals surface area contributed by atoms with Gasteiger partial charge < -0.3 is 18.9 Å². The number of ether oxygens (including phenoxy) is 4. The van der Waals surface area contributed by atoms with Crippen LogP contribution in [0.4, 0.5) is 0 Å². The molecule has 0 N–H and O–H groups in total. The molecular formula is C17H17ClO5. The Labute approximate surface area is 139 Å². The van der Waals surface area contributed by atoms with Gasteiger partial charge in [0.05, 0.1) is 21.3 Å². The summed E-state index contributed by atoms with van der Waals surface area (Å²) in [6.45, 7) is 0.0307. The third kappa shape index (κ3) is 3.87. The number of methoxy groups -OCH3 is 3. The summed E-state index contributed by atoms with van der Waals surface area (Å²) in [5, 5.41) is 0.538. The molecular weight excluding hydrogens is 320 g/mol. The Morgan fingerprint density at radius 2 is 1.74 bits per heavy atom. The van der Waals surface area contributed by atoms with Crippen LogP contribution in [-0.4, -0.2) is 27.3 Å². The van der Waals surface area contributed by atoms with Crippen LogP contribution >= 0.6 is 11.6 Å². The van der Waals surface area contributed by atoms with Crippen molar-refractivity contribution < 1.29 is 23.7 Å². The molecule has 0 aromatic heterocycles. The van der Waals surface area contributed by atoms with Crippen LogP contribution < -0.4 is 14.2 Å². The molecule has 0 saturated carbocycles. The lowest BCUT2D eigenvalue weighted by molar-refractivity contribution is 0.0466. The van der Waals surface area contributed by atoms with Crippen LogP contribution in [0.25, 0.3) is 0 Å². The lowest BCUT2D eigenvalue weighted by atomic mass is 10.2. The Morgan fingerprint density at radius 1 is 1.00 bits per heavy atom. The summed E-state index contributed by atoms with van der Waals surface area (Å²) in [4.78, 5) is 12.3. The molecule has 0 amide bonds. The van der Waals surface area contributed by atoms with Crippen LogP contribution in [0.3, 0.4) is 0 Å². The van der Waals surface area contributed by atoms with Gasteiger partial charge in [0.25, 0.3) is 0 Å². The standard InChI is InChI=1S/C17H17ClO5/c1-20-14-8-7-12(18)9-11(14)10-23-17(19)13-5-4-6-15(21-2)16(13)22-3/h4-9H,10H2,1-3H3. The summed E-state index contributed by atoms with van der Waals surface area (Å²) >= 11 is 5.96. The Bertz CT molecular complexity index is 699. The molecule has 0 bridgehead atoms. The SMILES string of the molecule is COc1ccc(Cl)cc1COC(=O)c1cccc(OC)c1OC. The summed E-state index contributed by atoms with van der Waals surface area (Å²) in [6.07, 6.45) is 0. The smallest absolute Gasteiger partial charge is 0.342 e. The molecule has 122 valence electrons. The fourth-order valence-corrected chi connectivity index (χ4v) is 2.32. The average Bonchev–Trinajstić information content (AvgIpc) is 2.58. The van der Waals surface area contributed by atoms with Crippen molar-refractivity contribution in [3.05, 3.63) is 52.5 Å². The predicted molar refractivity (Wildman–Crippen MR) is 86.7 cm³/mol. The van der Waals surface area contributed by atoms with Crippen LogP contribution in [0, 0.1) is 0 Å². The molecule has 5 nitrogen and oxygen atoms in total. The maximum absolute atomic E-state index is 12.3. The summed E-state index contributed by atoms with van der Waals surface area (Å²) < 4.78 is 21.0. The molecule has 0 heterocycles. The molecule has 0 spiro atoms. The van der Waals surface area contributed by atoms with E-state index in [0.29, 0.717) is 27.8 Å². The first-order valence-electron chi connectivity index (χ1n) is 6.81. The zero-order valence-electron chi connectivity index (χ0n) is 13.1. The molecule has 23 heavy (non-hydrogen) atoms. The van der Waals surface area contributed by atoms with E-state index in [1.807, 2.05) is 0 Å². The largest absolute Gasteiger partial charge is 0.496 e. The van der Waals surface area contributed by atoms with E-state index in [2.05, 4.69) is 0 Å². The van der Waals surface area contributed by atoms with E-state index in [4.69, 9.17) is 30.5 Å². The summed E-state index contributed by atoms with van der Waals surface area (Å²) in [5.41, 5.74) is 0.961. The highest BCUT2D eigenvalue weighted by Crippen LogP contribution is 2.31. The van der Waals surface area contributed by atoms with Gasteiger partial charge >= 0.3 is 5.97 Å². The number of hydrogen-bond donors (Lipinski definition) is 0. The van der Waals surface area contributed by atoms with Crippen LogP contribution in [0.15, 0.2) is 36.4 Å². The van der Waals surface area contributed by atoms with E-state index in [9.17, 15) is 4.79 Å². The van der Waals surface area contributed by atoms with Gasteiger partial charge in [0.15, 0.2) is 11.5 Å². The number of halogens is 1. The lowest BCUT2D eigenvalue weighted by Gasteiger charge is -2.13. The molecule has 2 aromatic rings. The summed E-state index contributed by atoms with van der Waals surface area (Å²) in [6, 6.07) is 10.1. The molecule has 2 rings (SSSR count). The Morgan fingerprint density at radius 3 is 2.39 bits per heavy atom. The second-order valence-electron chi connectivity index (χ2n) is 4.57. The highest BCUT2D eigenvalue weighted by atomic mass is 35.5. The molecule has 0 aliphatic rings. The zero-order chi connectivity index (χ0) is 16.8. The summed E-state index contributed by atoms with van der Waals surface area (Å²) in [7, 11) is 4.51. The van der Waals surface area contributed by atoms with Crippen molar-refractivity contribution in [1.29, 1.82) is 0 Å². The maximum atomic E-state index is 12.3. The van der Waals surface area contributed by atoms with Crippen molar-refractivity contribution >= 4 is 17.6 Å². The third-order valence-corrected chi connectivity index (χ3v) is 3.46. The predicted octanol–water partition coefficient (Wildman–Crippen LogP) is 3.72. The van der Waals surface area contributed by atoms with Crippen LogP contribution in [0.1, 0.15) is 15.9 Å². The topological polar surface area (TPSA) is 54.0 Å². The van der Waals surface area contributed by atoms with Gasteiger partial charge in [-0.1, -0.05) is 17.7 Å². The van der Waals surface area contributed by atoms with Gasteiger partial charge in [-0.3, -0.25) is 0 Å². The Balaban J connectivity index is 2.19. The minimum absolute atomic E-state index is 0.0307. The quantitative estimate of drug-likeness (QED) is 0.752. The number of benzene rings is 2. The van der Waals surface area contributed by atoms with E-state index in [1.54, 1.807) is 43.5 Å². The van der Waals surface area contributed by atoms with E-state index in [-0.39, 0.29) is 12.2 Å². The molecule has 0 aliphatic heterocycles. The van der Waals surface area contributed by atoms with Crippen molar-refractivity contribution in [2.75, 3.05) is 21.3 Å². The van der Waals surface area contributed by atoms with Gasteiger partial charge in [-0.25, -0.2) is 4.79 Å². The fraction of sp³-hybridized carbons (Fsp3) is 0.235. The highest BCUT2D eigenvalue weighted by Gasteiger charge is 2.18. The van der Waals surface area contributed by atoms with Gasteiger partial charge in [-0.2, -0.15) is 0 Å². The van der Waals surface area contributed by atoms with E-state index in [0.717, 1.165) is 0 Å². The lowest BCUT2D eigenvalue weighted by Crippen LogP contribution is -2.08. The second kappa shape index (κ2) is 7.74. The third-order valence-electron chi connectivity index (χ3n) is 3.22. The van der Waals surface area contributed by atoms with Gasteiger partial charge in [-0.05, 0) is 30.3 Å². The number of para-hydroxylation sites is 1. The summed E-state index contributed by atoms with van der Waals surface area (Å²) in [5.74, 6) is 0.864. The Hall–Kier alpha value is -2.40. The fourth-order valence-electron chi connectivity index (χ4n) is 2.13.